The molecule has 4 rings (SSSR count). The van der Waals surface area contributed by atoms with Crippen molar-refractivity contribution in [2.75, 3.05) is 37.6 Å². The molecular formula is C29H38FN5. The number of halogens is 1. The Hall–Kier alpha value is -2.91. The van der Waals surface area contributed by atoms with Crippen LogP contribution in [0.15, 0.2) is 48.5 Å². The van der Waals surface area contributed by atoms with Crippen molar-refractivity contribution in [1.29, 1.82) is 5.26 Å². The van der Waals surface area contributed by atoms with Gasteiger partial charge in [-0.1, -0.05) is 58.0 Å². The summed E-state index contributed by atoms with van der Waals surface area (Å²) in [6, 6.07) is 17.7. The molecule has 1 aromatic heterocycles. The highest BCUT2D eigenvalue weighted by Gasteiger charge is 2.38. The van der Waals surface area contributed by atoms with Gasteiger partial charge < -0.3 is 9.47 Å². The zero-order chi connectivity index (χ0) is 25.0. The molecule has 1 atom stereocenters. The first-order valence-corrected chi connectivity index (χ1v) is 12.9. The molecule has 186 valence electrons. The highest BCUT2D eigenvalue weighted by Crippen LogP contribution is 2.38. The van der Waals surface area contributed by atoms with Crippen molar-refractivity contribution in [3.05, 3.63) is 59.9 Å². The van der Waals surface area contributed by atoms with Crippen LogP contribution in [0.2, 0.25) is 0 Å². The molecule has 1 aliphatic rings. The van der Waals surface area contributed by atoms with Gasteiger partial charge in [0.05, 0.1) is 22.5 Å². The van der Waals surface area contributed by atoms with Gasteiger partial charge in [0.2, 0.25) is 5.95 Å². The van der Waals surface area contributed by atoms with Gasteiger partial charge in [0, 0.05) is 38.3 Å². The summed E-state index contributed by atoms with van der Waals surface area (Å²) in [4.78, 5) is 9.86. The Labute approximate surface area is 209 Å². The van der Waals surface area contributed by atoms with E-state index in [1.165, 1.54) is 11.6 Å². The Morgan fingerprint density at radius 2 is 1.69 bits per heavy atom. The van der Waals surface area contributed by atoms with Crippen LogP contribution < -0.4 is 4.90 Å². The first kappa shape index (κ1) is 25.2. The van der Waals surface area contributed by atoms with Crippen molar-refractivity contribution in [2.24, 2.45) is 11.8 Å². The van der Waals surface area contributed by atoms with Crippen LogP contribution in [0.5, 0.6) is 0 Å². The maximum absolute atomic E-state index is 14.6. The molecule has 35 heavy (non-hydrogen) atoms. The Kier molecular flexibility index (Phi) is 7.76. The zero-order valence-corrected chi connectivity index (χ0v) is 21.5. The summed E-state index contributed by atoms with van der Waals surface area (Å²) in [7, 11) is 0. The molecule has 0 aliphatic carbocycles. The van der Waals surface area contributed by atoms with E-state index in [4.69, 9.17) is 4.98 Å². The number of benzene rings is 2. The van der Waals surface area contributed by atoms with Crippen molar-refractivity contribution in [3.8, 4) is 6.07 Å². The van der Waals surface area contributed by atoms with Gasteiger partial charge in [-0.25, -0.2) is 9.37 Å². The van der Waals surface area contributed by atoms with E-state index < -0.39 is 5.41 Å². The number of nitrogens with zero attached hydrogens (tertiary/aromatic N) is 5. The molecule has 2 heterocycles. The van der Waals surface area contributed by atoms with Gasteiger partial charge in [0.1, 0.15) is 5.82 Å². The lowest BCUT2D eigenvalue weighted by molar-refractivity contribution is 0.236. The maximum Gasteiger partial charge on any atom is 0.206 e. The van der Waals surface area contributed by atoms with Crippen LogP contribution in [0, 0.1) is 29.0 Å². The van der Waals surface area contributed by atoms with E-state index in [0.717, 1.165) is 57.2 Å². The zero-order valence-electron chi connectivity index (χ0n) is 21.5. The Morgan fingerprint density at radius 1 is 1.00 bits per heavy atom. The Bertz CT molecular complexity index is 1170. The predicted octanol–water partition coefficient (Wildman–Crippen LogP) is 5.85. The molecular weight excluding hydrogens is 437 g/mol. The number of para-hydroxylation sites is 2. The molecule has 1 unspecified atom stereocenters. The molecule has 0 saturated carbocycles. The summed E-state index contributed by atoms with van der Waals surface area (Å²) in [6.07, 6.45) is 1.53. The lowest BCUT2D eigenvalue weighted by atomic mass is 9.69. The molecule has 2 aromatic carbocycles. The van der Waals surface area contributed by atoms with E-state index in [2.05, 4.69) is 58.5 Å². The van der Waals surface area contributed by atoms with Crippen LogP contribution in [0.3, 0.4) is 0 Å². The standard InChI is InChI=1S/C29H38FN5/c1-22(2)20-35-27-13-8-7-12-26(27)32-28(35)34-18-16-33(17-19-34)15-9-14-29(21-31,23(3)4)24-10-5-6-11-25(24)30/h5-8,10-13,22-23H,9,14-20H2,1-4H3. The maximum atomic E-state index is 14.6. The van der Waals surface area contributed by atoms with Crippen LogP contribution in [0.4, 0.5) is 10.3 Å². The quantitative estimate of drug-likeness (QED) is 0.389. The number of hydrogen-bond acceptors (Lipinski definition) is 4. The molecule has 3 aromatic rings. The minimum atomic E-state index is -0.797. The molecule has 0 spiro atoms. The van der Waals surface area contributed by atoms with Crippen LogP contribution in [0.25, 0.3) is 11.0 Å². The minimum absolute atomic E-state index is 0.0372. The third kappa shape index (κ3) is 5.21. The van der Waals surface area contributed by atoms with E-state index in [1.54, 1.807) is 12.1 Å². The number of hydrogen-bond donors (Lipinski definition) is 0. The van der Waals surface area contributed by atoms with Crippen molar-refractivity contribution in [3.63, 3.8) is 0 Å². The van der Waals surface area contributed by atoms with Gasteiger partial charge in [-0.15, -0.1) is 0 Å². The average molecular weight is 476 g/mol. The van der Waals surface area contributed by atoms with E-state index >= 15 is 0 Å². The number of rotatable bonds is 9. The highest BCUT2D eigenvalue weighted by atomic mass is 19.1. The third-order valence-electron chi connectivity index (χ3n) is 7.42. The van der Waals surface area contributed by atoms with Crippen molar-refractivity contribution >= 4 is 17.0 Å². The predicted molar refractivity (Wildman–Crippen MR) is 141 cm³/mol. The molecule has 0 radical (unpaired) electrons. The number of anilines is 1. The van der Waals surface area contributed by atoms with Crippen LogP contribution in [-0.2, 0) is 12.0 Å². The van der Waals surface area contributed by atoms with Gasteiger partial charge in [-0.2, -0.15) is 5.26 Å². The van der Waals surface area contributed by atoms with Gasteiger partial charge in [-0.3, -0.25) is 4.90 Å². The van der Waals surface area contributed by atoms with E-state index in [0.29, 0.717) is 17.9 Å². The fourth-order valence-electron chi connectivity index (χ4n) is 5.40. The van der Waals surface area contributed by atoms with Gasteiger partial charge in [0.15, 0.2) is 0 Å². The second-order valence-electron chi connectivity index (χ2n) is 10.6. The molecule has 5 nitrogen and oxygen atoms in total. The number of aromatic nitrogens is 2. The molecule has 0 amide bonds. The second kappa shape index (κ2) is 10.8. The summed E-state index contributed by atoms with van der Waals surface area (Å²) < 4.78 is 17.0. The molecule has 0 bridgehead atoms. The minimum Gasteiger partial charge on any atom is -0.340 e. The number of fused-ring (bicyclic) bond motifs is 1. The van der Waals surface area contributed by atoms with Gasteiger partial charge >= 0.3 is 0 Å². The smallest absolute Gasteiger partial charge is 0.206 e. The summed E-state index contributed by atoms with van der Waals surface area (Å²) in [6.45, 7) is 14.2. The normalized spacial score (nSPS) is 16.7. The van der Waals surface area contributed by atoms with Gasteiger partial charge in [0.25, 0.3) is 0 Å². The first-order chi connectivity index (χ1) is 16.9. The first-order valence-electron chi connectivity index (χ1n) is 12.9. The molecule has 1 aliphatic heterocycles. The summed E-state index contributed by atoms with van der Waals surface area (Å²) in [5.74, 6) is 1.38. The highest BCUT2D eigenvalue weighted by molar-refractivity contribution is 5.78. The van der Waals surface area contributed by atoms with Crippen molar-refractivity contribution < 1.29 is 4.39 Å². The second-order valence-corrected chi connectivity index (χ2v) is 10.6. The third-order valence-corrected chi connectivity index (χ3v) is 7.42. The number of nitriles is 1. The van der Waals surface area contributed by atoms with E-state index in [-0.39, 0.29) is 11.7 Å². The van der Waals surface area contributed by atoms with Gasteiger partial charge in [-0.05, 0) is 49.4 Å². The summed E-state index contributed by atoms with van der Waals surface area (Å²) >= 11 is 0. The van der Waals surface area contributed by atoms with E-state index in [9.17, 15) is 9.65 Å². The molecule has 6 heteroatoms. The Morgan fingerprint density at radius 3 is 2.34 bits per heavy atom. The number of piperazine rings is 1. The van der Waals surface area contributed by atoms with Crippen LogP contribution in [0.1, 0.15) is 46.1 Å². The van der Waals surface area contributed by atoms with Crippen molar-refractivity contribution in [2.45, 2.75) is 52.5 Å². The molecule has 1 saturated heterocycles. The molecule has 1 fully saturated rings. The van der Waals surface area contributed by atoms with Crippen LogP contribution >= 0.6 is 0 Å². The average Bonchev–Trinajstić information content (AvgIpc) is 3.20. The largest absolute Gasteiger partial charge is 0.340 e. The van der Waals surface area contributed by atoms with Crippen molar-refractivity contribution in [1.82, 2.24) is 14.5 Å². The molecule has 0 N–H and O–H groups in total. The monoisotopic (exact) mass is 475 g/mol. The summed E-state index contributed by atoms with van der Waals surface area (Å²) in [5, 5.41) is 10.1. The fourth-order valence-corrected chi connectivity index (χ4v) is 5.40. The topological polar surface area (TPSA) is 48.1 Å². The lowest BCUT2D eigenvalue weighted by Crippen LogP contribution is -2.47. The SMILES string of the molecule is CC(C)Cn1c(N2CCN(CCCC(C#N)(c3ccccc3F)C(C)C)CC2)nc2ccccc21. The number of imidazole rings is 1. The lowest BCUT2D eigenvalue weighted by Gasteiger charge is -2.37. The fraction of sp³-hybridized carbons (Fsp3) is 0.517. The van der Waals surface area contributed by atoms with E-state index in [1.807, 2.05) is 19.9 Å². The summed E-state index contributed by atoms with van der Waals surface area (Å²) in [5.41, 5.74) is 1.99. The Balaban J connectivity index is 1.40. The van der Waals surface area contributed by atoms with Crippen LogP contribution in [-0.4, -0.2) is 47.2 Å².